The van der Waals surface area contributed by atoms with E-state index in [1.165, 1.54) is 12.1 Å². The molecule has 0 atom stereocenters. The number of benzene rings is 1. The van der Waals surface area contributed by atoms with Crippen LogP contribution in [-0.2, 0) is 0 Å². The number of ketones is 1. The van der Waals surface area contributed by atoms with E-state index in [-0.39, 0.29) is 23.1 Å². The Morgan fingerprint density at radius 2 is 2.05 bits per heavy atom. The molecule has 1 rings (SSSR count). The molecule has 0 unspecified atom stereocenters. The van der Waals surface area contributed by atoms with Crippen LogP contribution in [0.15, 0.2) is 18.2 Å². The molecular formula is C15H22N2O4. The summed E-state index contributed by atoms with van der Waals surface area (Å²) < 4.78 is 5.46. The van der Waals surface area contributed by atoms with Crippen molar-refractivity contribution >= 4 is 11.5 Å². The third kappa shape index (κ3) is 5.15. The van der Waals surface area contributed by atoms with Crippen molar-refractivity contribution in [2.45, 2.75) is 20.3 Å². The maximum atomic E-state index is 11.9. The van der Waals surface area contributed by atoms with Crippen molar-refractivity contribution in [3.63, 3.8) is 0 Å². The molecule has 0 aliphatic carbocycles. The molecule has 0 aliphatic heterocycles. The van der Waals surface area contributed by atoms with Crippen LogP contribution in [0.5, 0.6) is 5.75 Å². The van der Waals surface area contributed by atoms with Crippen molar-refractivity contribution in [3.8, 4) is 5.75 Å². The number of nitro groups is 1. The number of nitrogens with zero attached hydrogens (tertiary/aromatic N) is 2. The Bertz CT molecular complexity index is 512. The van der Waals surface area contributed by atoms with Gasteiger partial charge in [-0.1, -0.05) is 13.8 Å². The van der Waals surface area contributed by atoms with E-state index in [1.807, 2.05) is 19.0 Å². The molecule has 6 nitrogen and oxygen atoms in total. The van der Waals surface area contributed by atoms with Crippen molar-refractivity contribution < 1.29 is 14.5 Å². The van der Waals surface area contributed by atoms with Crippen molar-refractivity contribution in [3.05, 3.63) is 33.9 Å². The number of rotatable bonds is 8. The van der Waals surface area contributed by atoms with E-state index in [2.05, 4.69) is 0 Å². The van der Waals surface area contributed by atoms with Crippen molar-refractivity contribution in [2.24, 2.45) is 5.92 Å². The van der Waals surface area contributed by atoms with Crippen LogP contribution in [0.3, 0.4) is 0 Å². The average Bonchev–Trinajstić information content (AvgIpc) is 2.42. The van der Waals surface area contributed by atoms with Gasteiger partial charge in [-0.05, 0) is 32.6 Å². The average molecular weight is 294 g/mol. The van der Waals surface area contributed by atoms with Gasteiger partial charge in [0, 0.05) is 24.1 Å². The minimum absolute atomic E-state index is 0.114. The van der Waals surface area contributed by atoms with Crippen LogP contribution in [0, 0.1) is 16.0 Å². The van der Waals surface area contributed by atoms with E-state index in [1.54, 1.807) is 19.9 Å². The molecule has 0 saturated carbocycles. The van der Waals surface area contributed by atoms with Crippen LogP contribution in [0.1, 0.15) is 30.6 Å². The van der Waals surface area contributed by atoms with Crippen molar-refractivity contribution in [2.75, 3.05) is 27.2 Å². The van der Waals surface area contributed by atoms with Gasteiger partial charge < -0.3 is 9.64 Å². The van der Waals surface area contributed by atoms with Crippen LogP contribution in [-0.4, -0.2) is 42.9 Å². The first-order valence-corrected chi connectivity index (χ1v) is 6.93. The first kappa shape index (κ1) is 17.1. The van der Waals surface area contributed by atoms with E-state index in [0.29, 0.717) is 12.2 Å². The number of carbonyl (C=O) groups is 1. The lowest BCUT2D eigenvalue weighted by molar-refractivity contribution is -0.385. The van der Waals surface area contributed by atoms with Gasteiger partial charge in [0.25, 0.3) is 0 Å². The van der Waals surface area contributed by atoms with Gasteiger partial charge in [-0.25, -0.2) is 0 Å². The fraction of sp³-hybridized carbons (Fsp3) is 0.533. The molecule has 1 aromatic rings. The highest BCUT2D eigenvalue weighted by Gasteiger charge is 2.20. The van der Waals surface area contributed by atoms with Crippen LogP contribution >= 0.6 is 0 Å². The molecule has 116 valence electrons. The summed E-state index contributed by atoms with van der Waals surface area (Å²) in [4.78, 5) is 24.5. The molecule has 0 aliphatic rings. The van der Waals surface area contributed by atoms with Gasteiger partial charge in [-0.3, -0.25) is 14.9 Å². The minimum Gasteiger partial charge on any atom is -0.487 e. The van der Waals surface area contributed by atoms with Gasteiger partial charge in [-0.2, -0.15) is 0 Å². The lowest BCUT2D eigenvalue weighted by Gasteiger charge is -2.11. The number of ether oxygens (including phenoxy) is 1. The Hall–Kier alpha value is -1.95. The first-order chi connectivity index (χ1) is 9.82. The maximum absolute atomic E-state index is 11.9. The van der Waals surface area contributed by atoms with Gasteiger partial charge in [0.2, 0.25) is 0 Å². The Labute approximate surface area is 124 Å². The van der Waals surface area contributed by atoms with Crippen LogP contribution in [0.25, 0.3) is 0 Å². The zero-order valence-corrected chi connectivity index (χ0v) is 13.0. The smallest absolute Gasteiger partial charge is 0.311 e. The quantitative estimate of drug-likeness (QED) is 0.319. The van der Waals surface area contributed by atoms with Gasteiger partial charge in [0.15, 0.2) is 11.5 Å². The Morgan fingerprint density at radius 1 is 1.38 bits per heavy atom. The van der Waals surface area contributed by atoms with Crippen molar-refractivity contribution in [1.82, 2.24) is 4.90 Å². The second-order valence-corrected chi connectivity index (χ2v) is 5.46. The monoisotopic (exact) mass is 294 g/mol. The largest absolute Gasteiger partial charge is 0.487 e. The van der Waals surface area contributed by atoms with Crippen LogP contribution in [0.4, 0.5) is 5.69 Å². The second-order valence-electron chi connectivity index (χ2n) is 5.46. The van der Waals surface area contributed by atoms with E-state index in [9.17, 15) is 14.9 Å². The first-order valence-electron chi connectivity index (χ1n) is 6.93. The normalized spacial score (nSPS) is 11.0. The van der Waals surface area contributed by atoms with E-state index >= 15 is 0 Å². The molecule has 6 heteroatoms. The summed E-state index contributed by atoms with van der Waals surface area (Å²) in [5.74, 6) is -0.104. The summed E-state index contributed by atoms with van der Waals surface area (Å²) >= 11 is 0. The molecular weight excluding hydrogens is 272 g/mol. The van der Waals surface area contributed by atoms with E-state index in [0.717, 1.165) is 13.0 Å². The molecule has 1 aromatic carbocycles. The maximum Gasteiger partial charge on any atom is 0.311 e. The second kappa shape index (κ2) is 7.73. The highest BCUT2D eigenvalue weighted by atomic mass is 16.6. The van der Waals surface area contributed by atoms with E-state index < -0.39 is 4.92 Å². The molecule has 0 spiro atoms. The topological polar surface area (TPSA) is 72.7 Å². The minimum atomic E-state index is -0.515. The summed E-state index contributed by atoms with van der Waals surface area (Å²) in [7, 11) is 3.91. The molecule has 0 aromatic heterocycles. The summed E-state index contributed by atoms with van der Waals surface area (Å²) in [6.45, 7) is 4.77. The fourth-order valence-corrected chi connectivity index (χ4v) is 1.83. The summed E-state index contributed by atoms with van der Waals surface area (Å²) in [6.07, 6.45) is 0.775. The van der Waals surface area contributed by atoms with Gasteiger partial charge in [0.1, 0.15) is 0 Å². The number of Topliss-reactive ketones (excluding diaryl/α,β-unsaturated/α-hetero) is 1. The SMILES string of the molecule is CC(C)C(=O)c1ccc(OCCCN(C)C)c([N+](=O)[O-])c1. The van der Waals surface area contributed by atoms with Crippen molar-refractivity contribution in [1.29, 1.82) is 0 Å². The fourth-order valence-electron chi connectivity index (χ4n) is 1.83. The number of hydrogen-bond donors (Lipinski definition) is 0. The van der Waals surface area contributed by atoms with Gasteiger partial charge >= 0.3 is 5.69 Å². The zero-order valence-electron chi connectivity index (χ0n) is 13.0. The predicted molar refractivity (Wildman–Crippen MR) is 80.9 cm³/mol. The molecule has 0 heterocycles. The lowest BCUT2D eigenvalue weighted by atomic mass is 10.0. The highest BCUT2D eigenvalue weighted by Crippen LogP contribution is 2.29. The summed E-state index contributed by atoms with van der Waals surface area (Å²) in [5.41, 5.74) is 0.184. The van der Waals surface area contributed by atoms with Gasteiger partial charge in [-0.15, -0.1) is 0 Å². The third-order valence-electron chi connectivity index (χ3n) is 2.97. The van der Waals surface area contributed by atoms with Crippen LogP contribution in [0.2, 0.25) is 0 Å². The molecule has 0 bridgehead atoms. The standard InChI is InChI=1S/C15H22N2O4/c1-11(2)15(18)12-6-7-14(13(10-12)17(19)20)21-9-5-8-16(3)4/h6-7,10-11H,5,8-9H2,1-4H3. The number of carbonyl (C=O) groups excluding carboxylic acids is 1. The highest BCUT2D eigenvalue weighted by molar-refractivity contribution is 5.98. The summed E-state index contributed by atoms with van der Waals surface area (Å²) in [6, 6.07) is 4.38. The predicted octanol–water partition coefficient (Wildman–Crippen LogP) is 2.76. The molecule has 0 radical (unpaired) electrons. The molecule has 0 N–H and O–H groups in total. The zero-order chi connectivity index (χ0) is 16.0. The van der Waals surface area contributed by atoms with Gasteiger partial charge in [0.05, 0.1) is 11.5 Å². The Balaban J connectivity index is 2.85. The van der Waals surface area contributed by atoms with E-state index in [4.69, 9.17) is 4.74 Å². The number of nitro benzene ring substituents is 1. The summed E-state index contributed by atoms with van der Waals surface area (Å²) in [5, 5.41) is 11.1. The molecule has 0 amide bonds. The van der Waals surface area contributed by atoms with Crippen LogP contribution < -0.4 is 4.74 Å². The molecule has 0 fully saturated rings. The third-order valence-corrected chi connectivity index (χ3v) is 2.97. The Morgan fingerprint density at radius 3 is 2.57 bits per heavy atom. The Kier molecular flexibility index (Phi) is 6.30. The number of hydrogen-bond acceptors (Lipinski definition) is 5. The molecule has 21 heavy (non-hydrogen) atoms. The molecule has 0 saturated heterocycles. The lowest BCUT2D eigenvalue weighted by Crippen LogP contribution is -2.15.